The molecule has 2 aromatic heterocycles. The van der Waals surface area contributed by atoms with E-state index >= 15 is 0 Å². The third-order valence-electron chi connectivity index (χ3n) is 6.75. The summed E-state index contributed by atoms with van der Waals surface area (Å²) < 4.78 is 7.19. The van der Waals surface area contributed by atoms with Crippen molar-refractivity contribution in [1.29, 1.82) is 0 Å². The molecule has 5 rings (SSSR count). The van der Waals surface area contributed by atoms with Gasteiger partial charge in [-0.25, -0.2) is 10.5 Å². The molecule has 40 heavy (non-hydrogen) atoms. The fourth-order valence-corrected chi connectivity index (χ4v) is 5.42. The average molecular weight is 557 g/mol. The second-order valence-electron chi connectivity index (χ2n) is 9.31. The predicted octanol–water partition coefficient (Wildman–Crippen LogP) is 5.60. The number of hydrogen-bond donors (Lipinski definition) is 3. The van der Waals surface area contributed by atoms with Crippen LogP contribution in [0.4, 0.5) is 5.13 Å². The van der Waals surface area contributed by atoms with Gasteiger partial charge in [-0.3, -0.25) is 24.9 Å². The first-order chi connectivity index (χ1) is 19.5. The van der Waals surface area contributed by atoms with Crippen molar-refractivity contribution in [1.82, 2.24) is 15.0 Å². The molecule has 0 radical (unpaired) electrons. The highest BCUT2D eigenvalue weighted by Gasteiger charge is 2.18. The van der Waals surface area contributed by atoms with Crippen molar-refractivity contribution in [2.45, 2.75) is 32.2 Å². The number of anilines is 1. The molecule has 5 aromatic rings. The molecule has 9 nitrogen and oxygen atoms in total. The van der Waals surface area contributed by atoms with Gasteiger partial charge in [0, 0.05) is 30.1 Å². The molecule has 0 spiro atoms. The molecule has 0 aliphatic heterocycles. The van der Waals surface area contributed by atoms with E-state index in [0.717, 1.165) is 28.5 Å². The molecule has 3 aromatic carbocycles. The normalized spacial score (nSPS) is 11.1. The maximum atomic E-state index is 13.4. The van der Waals surface area contributed by atoms with Crippen molar-refractivity contribution < 1.29 is 19.5 Å². The van der Waals surface area contributed by atoms with Crippen LogP contribution >= 0.6 is 11.3 Å². The Bertz CT molecular complexity index is 1760. The van der Waals surface area contributed by atoms with Crippen molar-refractivity contribution in [2.24, 2.45) is 0 Å². The SMILES string of the molecule is COc1ccc2c(c1)c(=O)c(C(=O)Nc1nc(-c3cccc4ccccc34)cs1)cn2CCCCCC(=O)NO. The number of aryl methyl sites for hydroxylation is 1. The van der Waals surface area contributed by atoms with Crippen LogP contribution in [-0.2, 0) is 11.3 Å². The maximum Gasteiger partial charge on any atom is 0.262 e. The zero-order valence-electron chi connectivity index (χ0n) is 21.8. The van der Waals surface area contributed by atoms with Gasteiger partial charge in [0.05, 0.1) is 23.7 Å². The van der Waals surface area contributed by atoms with Crippen molar-refractivity contribution in [3.8, 4) is 17.0 Å². The van der Waals surface area contributed by atoms with E-state index in [9.17, 15) is 14.4 Å². The topological polar surface area (TPSA) is 123 Å². The standard InChI is InChI=1S/C30H28N4O5S/c1-39-20-13-14-26-23(16-20)28(36)24(17-34(26)15-6-2-3-12-27(35)33-38)29(37)32-30-31-25(18-40-30)22-11-7-9-19-8-4-5-10-21(19)22/h4-5,7-11,13-14,16-18,38H,2-3,6,12,15H2,1H3,(H,33,35)(H,31,32,37). The quantitative estimate of drug-likeness (QED) is 0.117. The Kier molecular flexibility index (Phi) is 8.18. The Morgan fingerprint density at radius 3 is 2.67 bits per heavy atom. The highest BCUT2D eigenvalue weighted by Crippen LogP contribution is 2.31. The van der Waals surface area contributed by atoms with E-state index in [1.807, 2.05) is 52.4 Å². The summed E-state index contributed by atoms with van der Waals surface area (Å²) in [6.45, 7) is 0.534. The van der Waals surface area contributed by atoms with Crippen LogP contribution in [0.15, 0.2) is 77.0 Å². The van der Waals surface area contributed by atoms with E-state index in [0.29, 0.717) is 41.2 Å². The Labute approximate surface area is 234 Å². The Morgan fingerprint density at radius 2 is 1.85 bits per heavy atom. The summed E-state index contributed by atoms with van der Waals surface area (Å²) in [6.07, 6.45) is 3.85. The Hall–Kier alpha value is -4.54. The Balaban J connectivity index is 1.41. The van der Waals surface area contributed by atoms with Gasteiger partial charge in [-0.1, -0.05) is 48.9 Å². The summed E-state index contributed by atoms with van der Waals surface area (Å²) in [4.78, 5) is 42.7. The second-order valence-corrected chi connectivity index (χ2v) is 10.2. The largest absolute Gasteiger partial charge is 0.497 e. The van der Waals surface area contributed by atoms with Gasteiger partial charge in [0.1, 0.15) is 11.3 Å². The average Bonchev–Trinajstić information content (AvgIpc) is 3.45. The number of ether oxygens (including phenoxy) is 1. The molecule has 0 atom stereocenters. The number of hydroxylamine groups is 1. The van der Waals surface area contributed by atoms with E-state index < -0.39 is 17.2 Å². The monoisotopic (exact) mass is 556 g/mol. The number of thiazole rings is 1. The van der Waals surface area contributed by atoms with Crippen molar-refractivity contribution in [2.75, 3.05) is 12.4 Å². The number of amides is 2. The van der Waals surface area contributed by atoms with Gasteiger partial charge in [0.25, 0.3) is 5.91 Å². The fourth-order valence-electron chi connectivity index (χ4n) is 4.72. The number of hydrogen-bond acceptors (Lipinski definition) is 7. The number of methoxy groups -OCH3 is 1. The number of unbranched alkanes of at least 4 members (excludes halogenated alkanes) is 2. The molecule has 0 unspecified atom stereocenters. The number of carbonyl (C=O) groups is 2. The fraction of sp³-hybridized carbons (Fsp3) is 0.200. The smallest absolute Gasteiger partial charge is 0.262 e. The van der Waals surface area contributed by atoms with E-state index in [-0.39, 0.29) is 12.0 Å². The van der Waals surface area contributed by atoms with Gasteiger partial charge in [-0.2, -0.15) is 0 Å². The minimum atomic E-state index is -0.540. The lowest BCUT2D eigenvalue weighted by Gasteiger charge is -2.14. The lowest BCUT2D eigenvalue weighted by atomic mass is 10.0. The minimum absolute atomic E-state index is 0.00215. The number of benzene rings is 3. The van der Waals surface area contributed by atoms with Crippen LogP contribution in [0.25, 0.3) is 32.9 Å². The van der Waals surface area contributed by atoms with Crippen LogP contribution < -0.4 is 21.0 Å². The molecule has 0 aliphatic carbocycles. The molecule has 3 N–H and O–H groups in total. The number of pyridine rings is 1. The van der Waals surface area contributed by atoms with E-state index in [1.165, 1.54) is 18.4 Å². The molecular formula is C30H28N4O5S. The number of nitrogens with zero attached hydrogens (tertiary/aromatic N) is 2. The molecule has 2 heterocycles. The van der Waals surface area contributed by atoms with Crippen LogP contribution in [0.5, 0.6) is 5.75 Å². The van der Waals surface area contributed by atoms with E-state index in [4.69, 9.17) is 9.94 Å². The number of rotatable bonds is 10. The lowest BCUT2D eigenvalue weighted by molar-refractivity contribution is -0.129. The molecule has 10 heteroatoms. The molecule has 2 amide bonds. The van der Waals surface area contributed by atoms with Crippen LogP contribution in [0.1, 0.15) is 36.0 Å². The van der Waals surface area contributed by atoms with Crippen molar-refractivity contribution in [3.63, 3.8) is 0 Å². The molecule has 0 bridgehead atoms. The van der Waals surface area contributed by atoms with Crippen LogP contribution in [0.2, 0.25) is 0 Å². The minimum Gasteiger partial charge on any atom is -0.497 e. The molecule has 0 saturated heterocycles. The first-order valence-electron chi connectivity index (χ1n) is 12.9. The maximum absolute atomic E-state index is 13.4. The van der Waals surface area contributed by atoms with Gasteiger partial charge in [-0.05, 0) is 41.8 Å². The summed E-state index contributed by atoms with van der Waals surface area (Å²) in [6, 6.07) is 19.3. The Morgan fingerprint density at radius 1 is 1.02 bits per heavy atom. The highest BCUT2D eigenvalue weighted by atomic mass is 32.1. The lowest BCUT2D eigenvalue weighted by Crippen LogP contribution is -2.24. The van der Waals surface area contributed by atoms with Crippen LogP contribution in [0, 0.1) is 0 Å². The van der Waals surface area contributed by atoms with Crippen LogP contribution in [0.3, 0.4) is 0 Å². The number of aromatic nitrogens is 2. The van der Waals surface area contributed by atoms with E-state index in [2.05, 4.69) is 10.3 Å². The number of nitrogens with one attached hydrogen (secondary N) is 2. The zero-order valence-corrected chi connectivity index (χ0v) is 22.7. The second kappa shape index (κ2) is 12.1. The van der Waals surface area contributed by atoms with Gasteiger partial charge in [-0.15, -0.1) is 11.3 Å². The molecule has 0 saturated carbocycles. The number of fused-ring (bicyclic) bond motifs is 2. The summed E-state index contributed by atoms with van der Waals surface area (Å²) in [5.74, 6) is -0.448. The first-order valence-corrected chi connectivity index (χ1v) is 13.8. The molecule has 0 fully saturated rings. The van der Waals surface area contributed by atoms with Crippen molar-refractivity contribution >= 4 is 50.0 Å². The van der Waals surface area contributed by atoms with E-state index in [1.54, 1.807) is 29.9 Å². The number of carbonyl (C=O) groups excluding carboxylic acids is 2. The zero-order chi connectivity index (χ0) is 28.1. The summed E-state index contributed by atoms with van der Waals surface area (Å²) in [5.41, 5.74) is 3.63. The van der Waals surface area contributed by atoms with Crippen LogP contribution in [-0.4, -0.2) is 33.7 Å². The molecule has 0 aliphatic rings. The molecular weight excluding hydrogens is 528 g/mol. The van der Waals surface area contributed by atoms with Gasteiger partial charge in [0.2, 0.25) is 11.3 Å². The third kappa shape index (κ3) is 5.73. The third-order valence-corrected chi connectivity index (χ3v) is 7.51. The van der Waals surface area contributed by atoms with Crippen molar-refractivity contribution in [3.05, 3.63) is 88.0 Å². The van der Waals surface area contributed by atoms with Gasteiger partial charge >= 0.3 is 0 Å². The first kappa shape index (κ1) is 27.0. The summed E-state index contributed by atoms with van der Waals surface area (Å²) in [7, 11) is 1.52. The van der Waals surface area contributed by atoms with Gasteiger partial charge in [0.15, 0.2) is 5.13 Å². The summed E-state index contributed by atoms with van der Waals surface area (Å²) >= 11 is 1.30. The molecule has 204 valence electrons. The van der Waals surface area contributed by atoms with Gasteiger partial charge < -0.3 is 9.30 Å². The highest BCUT2D eigenvalue weighted by molar-refractivity contribution is 7.14. The summed E-state index contributed by atoms with van der Waals surface area (Å²) in [5, 5.41) is 16.3. The predicted molar refractivity (Wildman–Crippen MR) is 156 cm³/mol.